The number of likely N-dealkylation sites (tertiary alicyclic amines) is 1. The lowest BCUT2D eigenvalue weighted by atomic mass is 9.93. The average molecular weight is 322 g/mol. The monoisotopic (exact) mass is 322 g/mol. The van der Waals surface area contributed by atoms with E-state index in [-0.39, 0.29) is 5.91 Å². The standard InChI is InChI=1S/C19H22N4O/c1-14-4-3-8-23-13-16(12-18(14)23)19(24)22-10-5-15(6-11-22)17-7-9-21(2)20-17/h3-4,7-9,12-13,15H,5-6,10-11H2,1-2H3. The second-order valence-electron chi connectivity index (χ2n) is 6.69. The molecule has 1 aliphatic heterocycles. The molecule has 0 N–H and O–H groups in total. The molecule has 1 amide bonds. The zero-order valence-corrected chi connectivity index (χ0v) is 14.1. The number of hydrogen-bond donors (Lipinski definition) is 0. The fourth-order valence-electron chi connectivity index (χ4n) is 3.61. The number of carbonyl (C=O) groups excluding carboxylic acids is 1. The Morgan fingerprint density at radius 1 is 1.21 bits per heavy atom. The van der Waals surface area contributed by atoms with Crippen LogP contribution in [0.15, 0.2) is 42.9 Å². The molecule has 1 fully saturated rings. The minimum atomic E-state index is 0.137. The number of amides is 1. The highest BCUT2D eigenvalue weighted by Gasteiger charge is 2.26. The Kier molecular flexibility index (Phi) is 3.63. The maximum absolute atomic E-state index is 12.8. The number of aryl methyl sites for hydroxylation is 2. The molecule has 4 heterocycles. The van der Waals surface area contributed by atoms with Crippen molar-refractivity contribution in [2.24, 2.45) is 7.05 Å². The third-order valence-electron chi connectivity index (χ3n) is 5.03. The quantitative estimate of drug-likeness (QED) is 0.728. The van der Waals surface area contributed by atoms with Crippen LogP contribution in [0, 0.1) is 6.92 Å². The molecule has 0 spiro atoms. The highest BCUT2D eigenvalue weighted by atomic mass is 16.2. The highest BCUT2D eigenvalue weighted by molar-refractivity contribution is 5.96. The van der Waals surface area contributed by atoms with Gasteiger partial charge >= 0.3 is 0 Å². The van der Waals surface area contributed by atoms with Gasteiger partial charge in [-0.15, -0.1) is 0 Å². The third-order valence-corrected chi connectivity index (χ3v) is 5.03. The molecule has 0 radical (unpaired) electrons. The summed E-state index contributed by atoms with van der Waals surface area (Å²) in [5, 5.41) is 4.51. The summed E-state index contributed by atoms with van der Waals surface area (Å²) in [6.07, 6.45) is 7.88. The number of pyridine rings is 1. The van der Waals surface area contributed by atoms with Gasteiger partial charge in [0.05, 0.1) is 11.3 Å². The topological polar surface area (TPSA) is 42.5 Å². The van der Waals surface area contributed by atoms with Crippen LogP contribution in [0.5, 0.6) is 0 Å². The van der Waals surface area contributed by atoms with Crippen LogP contribution < -0.4 is 0 Å². The molecule has 3 aromatic heterocycles. The summed E-state index contributed by atoms with van der Waals surface area (Å²) < 4.78 is 3.88. The van der Waals surface area contributed by atoms with Crippen molar-refractivity contribution in [1.82, 2.24) is 19.1 Å². The first-order valence-electron chi connectivity index (χ1n) is 8.48. The highest BCUT2D eigenvalue weighted by Crippen LogP contribution is 2.27. The van der Waals surface area contributed by atoms with Crippen molar-refractivity contribution in [2.75, 3.05) is 13.1 Å². The second kappa shape index (κ2) is 5.82. The van der Waals surface area contributed by atoms with E-state index in [1.165, 1.54) is 5.56 Å². The van der Waals surface area contributed by atoms with Gasteiger partial charge in [-0.2, -0.15) is 5.10 Å². The van der Waals surface area contributed by atoms with Gasteiger partial charge in [0, 0.05) is 50.2 Å². The van der Waals surface area contributed by atoms with Crippen molar-refractivity contribution >= 4 is 11.4 Å². The average Bonchev–Trinajstić information content (AvgIpc) is 3.21. The molecule has 0 atom stereocenters. The predicted octanol–water partition coefficient (Wildman–Crippen LogP) is 3.00. The number of rotatable bonds is 2. The molecule has 5 heteroatoms. The summed E-state index contributed by atoms with van der Waals surface area (Å²) in [5.41, 5.74) is 4.21. The Morgan fingerprint density at radius 3 is 2.67 bits per heavy atom. The zero-order valence-electron chi connectivity index (χ0n) is 14.1. The first-order chi connectivity index (χ1) is 11.6. The van der Waals surface area contributed by atoms with E-state index in [1.54, 1.807) is 0 Å². The number of nitrogens with zero attached hydrogens (tertiary/aromatic N) is 4. The molecule has 3 aromatic rings. The van der Waals surface area contributed by atoms with Crippen LogP contribution in [-0.4, -0.2) is 38.1 Å². The summed E-state index contributed by atoms with van der Waals surface area (Å²) >= 11 is 0. The van der Waals surface area contributed by atoms with E-state index < -0.39 is 0 Å². The van der Waals surface area contributed by atoms with E-state index in [2.05, 4.69) is 24.2 Å². The van der Waals surface area contributed by atoms with Gasteiger partial charge in [-0.25, -0.2) is 0 Å². The minimum absolute atomic E-state index is 0.137. The van der Waals surface area contributed by atoms with Crippen molar-refractivity contribution in [3.63, 3.8) is 0 Å². The van der Waals surface area contributed by atoms with Crippen molar-refractivity contribution in [3.05, 3.63) is 59.7 Å². The van der Waals surface area contributed by atoms with E-state index in [9.17, 15) is 4.79 Å². The third kappa shape index (κ3) is 2.60. The number of hydrogen-bond acceptors (Lipinski definition) is 2. The summed E-state index contributed by atoms with van der Waals surface area (Å²) in [5.74, 6) is 0.600. The smallest absolute Gasteiger partial charge is 0.255 e. The number of fused-ring (bicyclic) bond motifs is 1. The van der Waals surface area contributed by atoms with Gasteiger partial charge in [0.25, 0.3) is 5.91 Å². The fraction of sp³-hybridized carbons (Fsp3) is 0.368. The predicted molar refractivity (Wildman–Crippen MR) is 93.2 cm³/mol. The van der Waals surface area contributed by atoms with Crippen LogP contribution in [0.25, 0.3) is 5.52 Å². The van der Waals surface area contributed by atoms with Gasteiger partial charge < -0.3 is 9.30 Å². The Bertz CT molecular complexity index is 884. The minimum Gasteiger partial charge on any atom is -0.339 e. The molecular weight excluding hydrogens is 300 g/mol. The van der Waals surface area contributed by atoms with Gasteiger partial charge in [-0.1, -0.05) is 6.07 Å². The molecule has 1 saturated heterocycles. The van der Waals surface area contributed by atoms with Crippen molar-refractivity contribution < 1.29 is 4.79 Å². The molecule has 0 aliphatic carbocycles. The van der Waals surface area contributed by atoms with Crippen LogP contribution in [0.1, 0.15) is 40.4 Å². The molecule has 0 saturated carbocycles. The van der Waals surface area contributed by atoms with Crippen LogP contribution in [0.2, 0.25) is 0 Å². The molecule has 4 rings (SSSR count). The first kappa shape index (κ1) is 15.0. The Morgan fingerprint density at radius 2 is 2.00 bits per heavy atom. The summed E-state index contributed by atoms with van der Waals surface area (Å²) in [7, 11) is 1.95. The van der Waals surface area contributed by atoms with Crippen LogP contribution in [0.3, 0.4) is 0 Å². The Balaban J connectivity index is 1.48. The lowest BCUT2D eigenvalue weighted by Gasteiger charge is -2.31. The van der Waals surface area contributed by atoms with Gasteiger partial charge in [0.1, 0.15) is 0 Å². The lowest BCUT2D eigenvalue weighted by Crippen LogP contribution is -2.37. The Hall–Kier alpha value is -2.56. The van der Waals surface area contributed by atoms with Crippen molar-refractivity contribution in [3.8, 4) is 0 Å². The van der Waals surface area contributed by atoms with Gasteiger partial charge in [-0.05, 0) is 43.5 Å². The largest absolute Gasteiger partial charge is 0.339 e. The molecule has 5 nitrogen and oxygen atoms in total. The molecule has 0 bridgehead atoms. The molecule has 124 valence electrons. The van der Waals surface area contributed by atoms with Crippen LogP contribution in [-0.2, 0) is 7.05 Å². The van der Waals surface area contributed by atoms with E-state index in [0.29, 0.717) is 5.92 Å². The number of piperidine rings is 1. The maximum atomic E-state index is 12.8. The summed E-state index contributed by atoms with van der Waals surface area (Å²) in [4.78, 5) is 14.8. The van der Waals surface area contributed by atoms with Gasteiger partial charge in [0.2, 0.25) is 0 Å². The van der Waals surface area contributed by atoms with Gasteiger partial charge in [0.15, 0.2) is 0 Å². The fourth-order valence-corrected chi connectivity index (χ4v) is 3.61. The first-order valence-corrected chi connectivity index (χ1v) is 8.48. The number of carbonyl (C=O) groups is 1. The van der Waals surface area contributed by atoms with Crippen LogP contribution >= 0.6 is 0 Å². The normalized spacial score (nSPS) is 16.0. The van der Waals surface area contributed by atoms with E-state index in [0.717, 1.165) is 42.7 Å². The van der Waals surface area contributed by atoms with E-state index in [4.69, 9.17) is 0 Å². The molecule has 0 aromatic carbocycles. The second-order valence-corrected chi connectivity index (χ2v) is 6.69. The van der Waals surface area contributed by atoms with Crippen molar-refractivity contribution in [2.45, 2.75) is 25.7 Å². The molecular formula is C19H22N4O. The van der Waals surface area contributed by atoms with E-state index in [1.807, 2.05) is 51.8 Å². The van der Waals surface area contributed by atoms with Gasteiger partial charge in [-0.3, -0.25) is 9.48 Å². The SMILES string of the molecule is Cc1cccn2cc(C(=O)N3CCC(c4ccn(C)n4)CC3)cc12. The Labute approximate surface area is 141 Å². The lowest BCUT2D eigenvalue weighted by molar-refractivity contribution is 0.0712. The van der Waals surface area contributed by atoms with E-state index >= 15 is 0 Å². The zero-order chi connectivity index (χ0) is 16.7. The maximum Gasteiger partial charge on any atom is 0.255 e. The molecule has 24 heavy (non-hydrogen) atoms. The summed E-state index contributed by atoms with van der Waals surface area (Å²) in [6, 6.07) is 8.17. The summed E-state index contributed by atoms with van der Waals surface area (Å²) in [6.45, 7) is 3.67. The van der Waals surface area contributed by atoms with Crippen molar-refractivity contribution in [1.29, 1.82) is 0 Å². The van der Waals surface area contributed by atoms with Crippen LogP contribution in [0.4, 0.5) is 0 Å². The molecule has 0 unspecified atom stereocenters. The number of aromatic nitrogens is 3. The molecule has 1 aliphatic rings.